The van der Waals surface area contributed by atoms with Gasteiger partial charge in [-0.05, 0) is 121 Å². The number of sulfonamides is 1. The number of fused-ring (bicyclic) bond motifs is 5. The first-order chi connectivity index (χ1) is 26.3. The summed E-state index contributed by atoms with van der Waals surface area (Å²) in [6, 6.07) is 7.93. The van der Waals surface area contributed by atoms with Crippen LogP contribution in [0.3, 0.4) is 0 Å². The second-order valence-electron chi connectivity index (χ2n) is 18.7. The van der Waals surface area contributed by atoms with Gasteiger partial charge in [0.05, 0.1) is 25.5 Å². The van der Waals surface area contributed by atoms with Crippen LogP contribution in [0.5, 0.6) is 5.75 Å². The first kappa shape index (κ1) is 40.3. The van der Waals surface area contributed by atoms with E-state index in [-0.39, 0.29) is 36.8 Å². The Morgan fingerprint density at radius 1 is 0.982 bits per heavy atom. The number of methoxy groups -OCH3 is 2. The Balaban J connectivity index is 1.28. The van der Waals surface area contributed by atoms with E-state index in [0.717, 1.165) is 59.8 Å². The highest BCUT2D eigenvalue weighted by molar-refractivity contribution is 7.91. The molecule has 306 valence electrons. The number of rotatable bonds is 8. The Bertz CT molecular complexity index is 2020. The van der Waals surface area contributed by atoms with Crippen molar-refractivity contribution in [3.8, 4) is 5.75 Å². The monoisotopic (exact) mass is 794 g/mol. The number of aryl methyl sites for hydroxylation is 1. The molecule has 0 spiro atoms. The van der Waals surface area contributed by atoms with Crippen LogP contribution in [0.2, 0.25) is 0 Å². The van der Waals surface area contributed by atoms with Crippen molar-refractivity contribution in [1.29, 1.82) is 0 Å². The molecule has 5 bridgehead atoms. The summed E-state index contributed by atoms with van der Waals surface area (Å²) in [4.78, 5) is 58.3. The third-order valence-corrected chi connectivity index (χ3v) is 14.7. The zero-order valence-electron chi connectivity index (χ0n) is 33.8. The van der Waals surface area contributed by atoms with Gasteiger partial charge in [-0.25, -0.2) is 13.2 Å². The van der Waals surface area contributed by atoms with Crippen LogP contribution in [0.25, 0.3) is 10.8 Å². The quantitative estimate of drug-likeness (QED) is 0.330. The summed E-state index contributed by atoms with van der Waals surface area (Å²) in [5.74, 6) is -1.00. The number of cyclic esters (lactones) is 1. The fourth-order valence-corrected chi connectivity index (χ4v) is 10.2. The van der Waals surface area contributed by atoms with Gasteiger partial charge in [0.2, 0.25) is 21.8 Å². The van der Waals surface area contributed by atoms with E-state index in [4.69, 9.17) is 14.2 Å². The average Bonchev–Trinajstić information content (AvgIpc) is 4.00. The molecule has 7 rings (SSSR count). The Hall–Kier alpha value is -3.91. The Labute approximate surface area is 330 Å². The van der Waals surface area contributed by atoms with E-state index in [0.29, 0.717) is 25.7 Å². The van der Waals surface area contributed by atoms with Gasteiger partial charge >= 0.3 is 6.09 Å². The van der Waals surface area contributed by atoms with Crippen LogP contribution < -0.4 is 20.1 Å². The van der Waals surface area contributed by atoms with E-state index in [1.54, 1.807) is 14.2 Å². The summed E-state index contributed by atoms with van der Waals surface area (Å²) in [5, 5.41) is 7.14. The smallest absolute Gasteiger partial charge is 0.407 e. The molecule has 2 heterocycles. The first-order valence-electron chi connectivity index (χ1n) is 20.1. The molecule has 3 aliphatic carbocycles. The lowest BCUT2D eigenvalue weighted by Gasteiger charge is -2.36. The third kappa shape index (κ3) is 7.97. The Morgan fingerprint density at radius 3 is 2.36 bits per heavy atom. The SMILES string of the molecule is COc1cc2ccc3cc2cc1CCCC(C)(C)CCOC(=O)N[C@@H](C(C)(C)C)C(=O)N1C[C@@]3(OC)C[C@H]1C(=O)N[C@]1(C(=O)NS(=O)(=O)C2CC2)C[C@H]1C1CC1. The van der Waals surface area contributed by atoms with Gasteiger partial charge in [0.1, 0.15) is 29.0 Å². The van der Waals surface area contributed by atoms with E-state index in [2.05, 4.69) is 35.3 Å². The zero-order chi connectivity index (χ0) is 40.4. The number of amides is 4. The molecule has 56 heavy (non-hydrogen) atoms. The van der Waals surface area contributed by atoms with Gasteiger partial charge in [-0.3, -0.25) is 19.1 Å². The van der Waals surface area contributed by atoms with Gasteiger partial charge < -0.3 is 29.7 Å². The Morgan fingerprint density at radius 2 is 1.71 bits per heavy atom. The van der Waals surface area contributed by atoms with Crippen LogP contribution in [-0.4, -0.2) is 87.4 Å². The molecule has 13 nitrogen and oxygen atoms in total. The highest BCUT2D eigenvalue weighted by Gasteiger charge is 2.67. The molecule has 5 aliphatic rings. The van der Waals surface area contributed by atoms with Crippen LogP contribution >= 0.6 is 0 Å². The van der Waals surface area contributed by atoms with Crippen molar-refractivity contribution in [2.75, 3.05) is 27.4 Å². The number of carbonyl (C=O) groups excluding carboxylic acids is 4. The van der Waals surface area contributed by atoms with E-state index in [1.165, 1.54) is 4.90 Å². The van der Waals surface area contributed by atoms with Gasteiger partial charge in [0.15, 0.2) is 0 Å². The van der Waals surface area contributed by atoms with Crippen molar-refractivity contribution < 1.29 is 41.8 Å². The maximum atomic E-state index is 14.9. The molecule has 2 aromatic carbocycles. The van der Waals surface area contributed by atoms with Crippen molar-refractivity contribution in [2.24, 2.45) is 22.7 Å². The fourth-order valence-electron chi connectivity index (χ4n) is 8.88. The van der Waals surface area contributed by atoms with Crippen LogP contribution in [0.4, 0.5) is 4.79 Å². The maximum Gasteiger partial charge on any atom is 0.407 e. The second-order valence-corrected chi connectivity index (χ2v) is 20.7. The first-order valence-corrected chi connectivity index (χ1v) is 21.6. The van der Waals surface area contributed by atoms with E-state index >= 15 is 0 Å². The van der Waals surface area contributed by atoms with Gasteiger partial charge in [0.25, 0.3) is 5.91 Å². The molecule has 2 aromatic rings. The second kappa shape index (κ2) is 14.5. The average molecular weight is 795 g/mol. The molecular formula is C42H58N4O9S. The number of hydrogen-bond donors (Lipinski definition) is 3. The minimum absolute atomic E-state index is 0.0201. The molecule has 4 fully saturated rings. The molecular weight excluding hydrogens is 737 g/mol. The number of alkyl carbamates (subject to hydrolysis) is 1. The van der Waals surface area contributed by atoms with Crippen molar-refractivity contribution in [3.05, 3.63) is 41.5 Å². The molecule has 4 amide bonds. The molecule has 5 atom stereocenters. The summed E-state index contributed by atoms with van der Waals surface area (Å²) >= 11 is 0. The number of carbonyl (C=O) groups is 4. The number of nitrogens with zero attached hydrogens (tertiary/aromatic N) is 1. The lowest BCUT2D eigenvalue weighted by Crippen LogP contribution is -2.60. The minimum atomic E-state index is -3.87. The predicted molar refractivity (Wildman–Crippen MR) is 210 cm³/mol. The number of benzene rings is 2. The van der Waals surface area contributed by atoms with Gasteiger partial charge in [-0.1, -0.05) is 46.8 Å². The number of nitrogens with one attached hydrogen (secondary N) is 3. The minimum Gasteiger partial charge on any atom is -0.496 e. The van der Waals surface area contributed by atoms with Crippen LogP contribution in [0, 0.1) is 22.7 Å². The number of hydrogen-bond acceptors (Lipinski definition) is 9. The highest BCUT2D eigenvalue weighted by atomic mass is 32.2. The standard InChI is InChI=1S/C42H58N4O9S/c1-39(2,3)34-36(48)46-24-41(54-7,23-32(46)35(47)44-42(22-31(42)25-10-11-25)37(49)45-56(51,52)30-14-15-30)29-13-12-26-21-33(53-6)27(19-28(26)20-29)9-8-16-40(4,5)17-18-55-38(50)43-34/h12-13,19-21,25,30-32,34H,8-11,14-18,22-24H2,1-7H3,(H,43,50)(H,44,47)(H,45,49)/t31-,32-,34+,41-,42+/m0/s1. The van der Waals surface area contributed by atoms with E-state index in [9.17, 15) is 27.6 Å². The molecule has 2 aliphatic heterocycles. The molecule has 1 saturated heterocycles. The third-order valence-electron chi connectivity index (χ3n) is 12.9. The highest BCUT2D eigenvalue weighted by Crippen LogP contribution is 2.57. The summed E-state index contributed by atoms with van der Waals surface area (Å²) in [6.07, 6.45) is 5.61. The van der Waals surface area contributed by atoms with Gasteiger partial charge in [0, 0.05) is 13.5 Å². The van der Waals surface area contributed by atoms with E-state index in [1.807, 2.05) is 45.0 Å². The normalized spacial score (nSPS) is 29.8. The lowest BCUT2D eigenvalue weighted by atomic mass is 9.83. The molecule has 0 aromatic heterocycles. The van der Waals surface area contributed by atoms with Crippen molar-refractivity contribution in [1.82, 2.24) is 20.3 Å². The lowest BCUT2D eigenvalue weighted by molar-refractivity contribution is -0.143. The topological polar surface area (TPSA) is 169 Å². The van der Waals surface area contributed by atoms with Crippen molar-refractivity contribution >= 4 is 44.6 Å². The molecule has 14 heteroatoms. The van der Waals surface area contributed by atoms with Crippen LogP contribution in [-0.2, 0) is 45.9 Å². The predicted octanol–water partition coefficient (Wildman–Crippen LogP) is 5.08. The maximum absolute atomic E-state index is 14.9. The van der Waals surface area contributed by atoms with Crippen molar-refractivity contribution in [3.63, 3.8) is 0 Å². The summed E-state index contributed by atoms with van der Waals surface area (Å²) < 4.78 is 45.9. The zero-order valence-corrected chi connectivity index (χ0v) is 34.6. The van der Waals surface area contributed by atoms with Crippen LogP contribution in [0.15, 0.2) is 30.3 Å². The van der Waals surface area contributed by atoms with Crippen molar-refractivity contribution in [2.45, 2.75) is 127 Å². The van der Waals surface area contributed by atoms with Gasteiger partial charge in [-0.15, -0.1) is 0 Å². The number of ether oxygens (including phenoxy) is 3. The van der Waals surface area contributed by atoms with Crippen LogP contribution in [0.1, 0.15) is 104 Å². The Kier molecular flexibility index (Phi) is 10.4. The molecule has 3 saturated carbocycles. The molecule has 0 radical (unpaired) electrons. The summed E-state index contributed by atoms with van der Waals surface area (Å²) in [5.41, 5.74) is -1.64. The summed E-state index contributed by atoms with van der Waals surface area (Å²) in [6.45, 7) is 9.95. The molecule has 0 unspecified atom stereocenters. The molecule has 3 N–H and O–H groups in total. The fraction of sp³-hybridized carbons (Fsp3) is 0.667. The summed E-state index contributed by atoms with van der Waals surface area (Å²) in [7, 11) is -0.644. The van der Waals surface area contributed by atoms with Gasteiger partial charge in [-0.2, -0.15) is 0 Å². The largest absolute Gasteiger partial charge is 0.496 e. The van der Waals surface area contributed by atoms with E-state index < -0.39 is 67.7 Å².